The van der Waals surface area contributed by atoms with Gasteiger partial charge in [0, 0.05) is 23.5 Å². The molecule has 1 saturated heterocycles. The zero-order valence-corrected chi connectivity index (χ0v) is 12.1. The van der Waals surface area contributed by atoms with Crippen LogP contribution in [0.2, 0.25) is 5.02 Å². The van der Waals surface area contributed by atoms with Crippen LogP contribution < -0.4 is 4.90 Å². The Morgan fingerprint density at radius 2 is 2.05 bits per heavy atom. The Balaban J connectivity index is 1.77. The zero-order valence-electron chi connectivity index (χ0n) is 11.4. The highest BCUT2D eigenvalue weighted by atomic mass is 35.5. The summed E-state index contributed by atoms with van der Waals surface area (Å²) in [6, 6.07) is 6.39. The molecular formula is C15H11ClF2N4. The Hall–Kier alpha value is -2.21. The van der Waals surface area contributed by atoms with Gasteiger partial charge in [0.2, 0.25) is 0 Å². The molecule has 0 N–H and O–H groups in total. The first kappa shape index (κ1) is 13.5. The van der Waals surface area contributed by atoms with Crippen LogP contribution in [0, 0.1) is 5.82 Å². The van der Waals surface area contributed by atoms with Gasteiger partial charge in [-0.05, 0) is 24.3 Å². The Morgan fingerprint density at radius 1 is 1.23 bits per heavy atom. The lowest BCUT2D eigenvalue weighted by atomic mass is 10.1. The van der Waals surface area contributed by atoms with E-state index in [1.165, 1.54) is 16.9 Å². The lowest BCUT2D eigenvalue weighted by Crippen LogP contribution is -2.48. The molecule has 1 aliphatic rings. The fourth-order valence-electron chi connectivity index (χ4n) is 2.52. The minimum atomic E-state index is -0.813. The van der Waals surface area contributed by atoms with Crippen LogP contribution in [0.4, 0.5) is 14.5 Å². The second-order valence-electron chi connectivity index (χ2n) is 5.28. The highest BCUT2D eigenvalue weighted by Gasteiger charge is 2.27. The summed E-state index contributed by atoms with van der Waals surface area (Å²) in [7, 11) is 0. The molecule has 1 aromatic carbocycles. The topological polar surface area (TPSA) is 34.0 Å². The molecule has 3 aromatic rings. The second-order valence-corrected chi connectivity index (χ2v) is 5.71. The number of hydrogen-bond donors (Lipinski definition) is 0. The average molecular weight is 321 g/mol. The van der Waals surface area contributed by atoms with Crippen LogP contribution in [0.1, 0.15) is 0 Å². The number of benzene rings is 1. The van der Waals surface area contributed by atoms with E-state index in [1.54, 1.807) is 24.4 Å². The number of aromatic nitrogens is 3. The van der Waals surface area contributed by atoms with Crippen molar-refractivity contribution in [2.45, 2.75) is 6.17 Å². The maximum atomic E-state index is 14.1. The van der Waals surface area contributed by atoms with Gasteiger partial charge in [-0.25, -0.2) is 18.4 Å². The van der Waals surface area contributed by atoms with E-state index in [2.05, 4.69) is 10.1 Å². The number of anilines is 1. The molecular weight excluding hydrogens is 310 g/mol. The molecule has 112 valence electrons. The SMILES string of the molecule is Fc1ccc(N2CC(F)C2)cc1-n1cc2cc(Cl)cnc2n1. The number of fused-ring (bicyclic) bond motifs is 1. The Morgan fingerprint density at radius 3 is 2.82 bits per heavy atom. The lowest BCUT2D eigenvalue weighted by molar-refractivity contribution is 0.275. The van der Waals surface area contributed by atoms with Crippen LogP contribution in [0.3, 0.4) is 0 Å². The first-order chi connectivity index (χ1) is 10.6. The van der Waals surface area contributed by atoms with E-state index in [0.717, 1.165) is 11.1 Å². The quantitative estimate of drug-likeness (QED) is 0.726. The number of rotatable bonds is 2. The van der Waals surface area contributed by atoms with Gasteiger partial charge in [-0.3, -0.25) is 0 Å². The molecule has 0 aliphatic carbocycles. The van der Waals surface area contributed by atoms with Gasteiger partial charge >= 0.3 is 0 Å². The van der Waals surface area contributed by atoms with E-state index in [-0.39, 0.29) is 0 Å². The molecule has 2 aromatic heterocycles. The molecule has 0 unspecified atom stereocenters. The van der Waals surface area contributed by atoms with Crippen molar-refractivity contribution in [3.05, 3.63) is 47.5 Å². The average Bonchev–Trinajstić information content (AvgIpc) is 2.87. The largest absolute Gasteiger partial charge is 0.365 e. The minimum Gasteiger partial charge on any atom is -0.365 e. The van der Waals surface area contributed by atoms with Crippen LogP contribution in [0.15, 0.2) is 36.7 Å². The standard InChI is InChI=1S/C15H11ClF2N4/c16-10-3-9-6-22(20-15(9)19-5-10)14-4-12(1-2-13(14)18)21-7-11(17)8-21/h1-6,11H,7-8H2. The minimum absolute atomic E-state index is 0.300. The molecule has 0 atom stereocenters. The Bertz CT molecular complexity index is 858. The van der Waals surface area contributed by atoms with Gasteiger partial charge in [-0.15, -0.1) is 5.10 Å². The van der Waals surface area contributed by atoms with E-state index in [4.69, 9.17) is 11.6 Å². The molecule has 0 saturated carbocycles. The molecule has 22 heavy (non-hydrogen) atoms. The van der Waals surface area contributed by atoms with E-state index < -0.39 is 12.0 Å². The zero-order chi connectivity index (χ0) is 15.3. The molecule has 0 radical (unpaired) electrons. The molecule has 1 aliphatic heterocycles. The molecule has 1 fully saturated rings. The molecule has 7 heteroatoms. The molecule has 4 nitrogen and oxygen atoms in total. The highest BCUT2D eigenvalue weighted by molar-refractivity contribution is 6.31. The van der Waals surface area contributed by atoms with Crippen LogP contribution in [0.25, 0.3) is 16.7 Å². The first-order valence-electron chi connectivity index (χ1n) is 6.80. The number of alkyl halides is 1. The van der Waals surface area contributed by atoms with Crippen molar-refractivity contribution in [2.75, 3.05) is 18.0 Å². The van der Waals surface area contributed by atoms with Crippen molar-refractivity contribution in [3.63, 3.8) is 0 Å². The Kier molecular flexibility index (Phi) is 3.00. The summed E-state index contributed by atoms with van der Waals surface area (Å²) in [5, 5.41) is 5.48. The van der Waals surface area contributed by atoms with Gasteiger partial charge in [0.15, 0.2) is 5.65 Å². The lowest BCUT2D eigenvalue weighted by Gasteiger charge is -2.36. The first-order valence-corrected chi connectivity index (χ1v) is 7.18. The van der Waals surface area contributed by atoms with Crippen molar-refractivity contribution < 1.29 is 8.78 Å². The summed E-state index contributed by atoms with van der Waals surface area (Å²) >= 11 is 5.90. The summed E-state index contributed by atoms with van der Waals surface area (Å²) in [6.45, 7) is 0.673. The maximum Gasteiger partial charge on any atom is 0.181 e. The second kappa shape index (κ2) is 4.91. The number of halogens is 3. The van der Waals surface area contributed by atoms with E-state index in [1.807, 2.05) is 4.90 Å². The van der Waals surface area contributed by atoms with Crippen LogP contribution >= 0.6 is 11.6 Å². The fourth-order valence-corrected chi connectivity index (χ4v) is 2.69. The number of hydrogen-bond acceptors (Lipinski definition) is 3. The third-order valence-electron chi connectivity index (χ3n) is 3.70. The van der Waals surface area contributed by atoms with Crippen molar-refractivity contribution >= 4 is 28.3 Å². The van der Waals surface area contributed by atoms with E-state index in [9.17, 15) is 8.78 Å². The van der Waals surface area contributed by atoms with Gasteiger partial charge in [0.05, 0.1) is 18.1 Å². The number of nitrogens with zero attached hydrogens (tertiary/aromatic N) is 4. The van der Waals surface area contributed by atoms with Gasteiger partial charge in [-0.2, -0.15) is 0 Å². The molecule has 0 amide bonds. The van der Waals surface area contributed by atoms with Gasteiger partial charge in [-0.1, -0.05) is 11.6 Å². The van der Waals surface area contributed by atoms with E-state index >= 15 is 0 Å². The van der Waals surface area contributed by atoms with Gasteiger partial charge in [0.25, 0.3) is 0 Å². The van der Waals surface area contributed by atoms with Crippen molar-refractivity contribution in [1.29, 1.82) is 0 Å². The fraction of sp³-hybridized carbons (Fsp3) is 0.200. The predicted octanol–water partition coefficient (Wildman–Crippen LogP) is 3.37. The monoisotopic (exact) mass is 320 g/mol. The van der Waals surface area contributed by atoms with Gasteiger partial charge < -0.3 is 4.90 Å². The predicted molar refractivity (Wildman–Crippen MR) is 80.9 cm³/mol. The van der Waals surface area contributed by atoms with Crippen LogP contribution in [0.5, 0.6) is 0 Å². The van der Waals surface area contributed by atoms with Crippen LogP contribution in [-0.2, 0) is 0 Å². The molecule has 0 bridgehead atoms. The summed E-state index contributed by atoms with van der Waals surface area (Å²) < 4.78 is 28.5. The van der Waals surface area contributed by atoms with Crippen molar-refractivity contribution in [2.24, 2.45) is 0 Å². The highest BCUT2D eigenvalue weighted by Crippen LogP contribution is 2.27. The van der Waals surface area contributed by atoms with Gasteiger partial charge in [0.1, 0.15) is 17.7 Å². The third kappa shape index (κ3) is 2.20. The molecule has 4 rings (SSSR count). The summed E-state index contributed by atoms with van der Waals surface area (Å²) in [5.41, 5.74) is 1.56. The molecule has 0 spiro atoms. The summed E-state index contributed by atoms with van der Waals surface area (Å²) in [5.74, 6) is -0.403. The smallest absolute Gasteiger partial charge is 0.181 e. The summed E-state index contributed by atoms with van der Waals surface area (Å²) in [6.07, 6.45) is 2.35. The number of pyridine rings is 1. The third-order valence-corrected chi connectivity index (χ3v) is 3.91. The van der Waals surface area contributed by atoms with Crippen molar-refractivity contribution in [1.82, 2.24) is 14.8 Å². The molecule has 3 heterocycles. The normalized spacial score (nSPS) is 15.3. The summed E-state index contributed by atoms with van der Waals surface area (Å²) in [4.78, 5) is 5.96. The Labute approximate surface area is 129 Å². The van der Waals surface area contributed by atoms with E-state index in [0.29, 0.717) is 29.4 Å². The van der Waals surface area contributed by atoms with Crippen LogP contribution in [-0.4, -0.2) is 34.0 Å². The van der Waals surface area contributed by atoms with Crippen molar-refractivity contribution in [3.8, 4) is 5.69 Å². The maximum absolute atomic E-state index is 14.1.